The fraction of sp³-hybridized carbons (Fsp3) is 0.750. The first-order chi connectivity index (χ1) is 8.59. The van der Waals surface area contributed by atoms with Crippen molar-refractivity contribution in [1.82, 2.24) is 0 Å². The van der Waals surface area contributed by atoms with Crippen molar-refractivity contribution in [1.29, 1.82) is 0 Å². The maximum atomic E-state index is 10.8. The molecule has 1 aromatic rings. The molecule has 0 saturated heterocycles. The van der Waals surface area contributed by atoms with Gasteiger partial charge >= 0.3 is 0 Å². The lowest BCUT2D eigenvalue weighted by molar-refractivity contribution is -0.155. The molecule has 4 aliphatic rings. The number of aliphatic hydroxyl groups is 1. The largest absolute Gasteiger partial charge is 0.472 e. The zero-order valence-electron chi connectivity index (χ0n) is 11.1. The van der Waals surface area contributed by atoms with Crippen LogP contribution in [-0.4, -0.2) is 5.11 Å². The molecular weight excluding hydrogens is 224 g/mol. The third-order valence-corrected chi connectivity index (χ3v) is 5.84. The molecule has 1 heterocycles. The normalized spacial score (nSPS) is 47.4. The zero-order valence-corrected chi connectivity index (χ0v) is 11.1. The fourth-order valence-corrected chi connectivity index (χ4v) is 5.90. The Labute approximate surface area is 108 Å². The van der Waals surface area contributed by atoms with Crippen molar-refractivity contribution in [3.05, 3.63) is 24.2 Å². The van der Waals surface area contributed by atoms with E-state index in [0.717, 1.165) is 17.4 Å². The third kappa shape index (κ3) is 1.45. The predicted molar refractivity (Wildman–Crippen MR) is 68.9 cm³/mol. The van der Waals surface area contributed by atoms with E-state index in [1.54, 1.807) is 12.5 Å². The molecule has 0 spiro atoms. The van der Waals surface area contributed by atoms with Crippen LogP contribution in [0.25, 0.3) is 0 Å². The Hall–Kier alpha value is -0.760. The maximum Gasteiger partial charge on any atom is 0.0960 e. The van der Waals surface area contributed by atoms with Gasteiger partial charge in [-0.3, -0.25) is 0 Å². The van der Waals surface area contributed by atoms with Crippen molar-refractivity contribution < 1.29 is 9.52 Å². The highest BCUT2D eigenvalue weighted by Gasteiger charge is 2.58. The van der Waals surface area contributed by atoms with Crippen LogP contribution in [0.15, 0.2) is 23.0 Å². The Morgan fingerprint density at radius 1 is 1.28 bits per heavy atom. The topological polar surface area (TPSA) is 33.4 Å². The molecule has 0 aliphatic heterocycles. The minimum absolute atomic E-state index is 0.142. The van der Waals surface area contributed by atoms with Gasteiger partial charge in [0.25, 0.3) is 0 Å². The Morgan fingerprint density at radius 2 is 2.00 bits per heavy atom. The first-order valence-corrected chi connectivity index (χ1v) is 7.29. The van der Waals surface area contributed by atoms with Crippen LogP contribution in [0.5, 0.6) is 0 Å². The summed E-state index contributed by atoms with van der Waals surface area (Å²) in [5, 5.41) is 10.8. The second-order valence-corrected chi connectivity index (χ2v) is 7.59. The molecule has 0 radical (unpaired) electrons. The number of aliphatic hydroxyl groups excluding tert-OH is 1. The highest BCUT2D eigenvalue weighted by molar-refractivity contribution is 5.18. The molecule has 1 aromatic heterocycles. The molecule has 18 heavy (non-hydrogen) atoms. The lowest BCUT2D eigenvalue weighted by atomic mass is 9.43. The smallest absolute Gasteiger partial charge is 0.0960 e. The van der Waals surface area contributed by atoms with E-state index in [4.69, 9.17) is 4.42 Å². The summed E-state index contributed by atoms with van der Waals surface area (Å²) in [7, 11) is 0. The van der Waals surface area contributed by atoms with Gasteiger partial charge in [0.2, 0.25) is 0 Å². The van der Waals surface area contributed by atoms with E-state index in [2.05, 4.69) is 6.92 Å². The Balaban J connectivity index is 1.71. The zero-order chi connectivity index (χ0) is 12.4. The molecule has 5 rings (SSSR count). The molecule has 4 aliphatic carbocycles. The molecule has 4 saturated carbocycles. The Bertz CT molecular complexity index is 434. The Kier molecular flexibility index (Phi) is 2.10. The van der Waals surface area contributed by atoms with Gasteiger partial charge in [0, 0.05) is 11.0 Å². The second-order valence-electron chi connectivity index (χ2n) is 7.59. The minimum Gasteiger partial charge on any atom is -0.472 e. The molecule has 0 aromatic carbocycles. The summed E-state index contributed by atoms with van der Waals surface area (Å²) >= 11 is 0. The lowest BCUT2D eigenvalue weighted by Gasteiger charge is -2.62. The number of hydrogen-bond acceptors (Lipinski definition) is 2. The minimum atomic E-state index is -0.318. The third-order valence-electron chi connectivity index (χ3n) is 5.84. The van der Waals surface area contributed by atoms with Gasteiger partial charge in [0.05, 0.1) is 18.6 Å². The van der Waals surface area contributed by atoms with Crippen molar-refractivity contribution in [3.63, 3.8) is 0 Å². The summed E-state index contributed by atoms with van der Waals surface area (Å²) in [6, 6.07) is 1.94. The molecule has 98 valence electrons. The lowest BCUT2D eigenvalue weighted by Crippen LogP contribution is -2.53. The van der Waals surface area contributed by atoms with Crippen LogP contribution >= 0.6 is 0 Å². The summed E-state index contributed by atoms with van der Waals surface area (Å²) in [5.41, 5.74) is 1.62. The van der Waals surface area contributed by atoms with E-state index in [1.807, 2.05) is 6.07 Å². The van der Waals surface area contributed by atoms with Gasteiger partial charge in [-0.05, 0) is 61.8 Å². The van der Waals surface area contributed by atoms with Crippen molar-refractivity contribution >= 4 is 0 Å². The number of hydrogen-bond donors (Lipinski definition) is 1. The molecule has 2 heteroatoms. The van der Waals surface area contributed by atoms with Crippen LogP contribution in [0, 0.1) is 22.7 Å². The van der Waals surface area contributed by atoms with Gasteiger partial charge in [0.15, 0.2) is 0 Å². The fourth-order valence-electron chi connectivity index (χ4n) is 5.90. The highest BCUT2D eigenvalue weighted by Crippen LogP contribution is 2.68. The van der Waals surface area contributed by atoms with E-state index in [1.165, 1.54) is 38.5 Å². The van der Waals surface area contributed by atoms with Crippen molar-refractivity contribution in [2.75, 3.05) is 0 Å². The van der Waals surface area contributed by atoms with E-state index in [9.17, 15) is 5.11 Å². The predicted octanol–water partition coefficient (Wildman–Crippen LogP) is 3.92. The molecule has 4 fully saturated rings. The average molecular weight is 246 g/mol. The standard InChI is InChI=1S/C16H22O2/c1-15-5-11-4-12(6-15)8-16(7-11,10-15)14(17)13-2-3-18-9-13/h2-3,9,11-12,14,17H,4-8,10H2,1H3. The van der Waals surface area contributed by atoms with Gasteiger partial charge < -0.3 is 9.52 Å². The molecule has 4 bridgehead atoms. The molecule has 3 unspecified atom stereocenters. The monoisotopic (exact) mass is 246 g/mol. The maximum absolute atomic E-state index is 10.8. The highest BCUT2D eigenvalue weighted by atomic mass is 16.3. The number of rotatable bonds is 2. The van der Waals surface area contributed by atoms with Crippen LogP contribution in [-0.2, 0) is 0 Å². The van der Waals surface area contributed by atoms with Gasteiger partial charge in [-0.2, -0.15) is 0 Å². The quantitative estimate of drug-likeness (QED) is 0.858. The first kappa shape index (κ1) is 11.1. The van der Waals surface area contributed by atoms with Crippen LogP contribution in [0.4, 0.5) is 0 Å². The van der Waals surface area contributed by atoms with E-state index < -0.39 is 0 Å². The molecule has 1 N–H and O–H groups in total. The molecule has 3 atom stereocenters. The molecule has 2 nitrogen and oxygen atoms in total. The van der Waals surface area contributed by atoms with Gasteiger partial charge in [-0.15, -0.1) is 0 Å². The van der Waals surface area contributed by atoms with Crippen molar-refractivity contribution in [2.45, 2.75) is 51.6 Å². The van der Waals surface area contributed by atoms with E-state index >= 15 is 0 Å². The Morgan fingerprint density at radius 3 is 2.56 bits per heavy atom. The summed E-state index contributed by atoms with van der Waals surface area (Å²) in [6.07, 6.45) is 11.0. The SMILES string of the molecule is CC12CC3CC(C1)CC(C(O)c1ccoc1)(C3)C2. The first-order valence-electron chi connectivity index (χ1n) is 7.29. The summed E-state index contributed by atoms with van der Waals surface area (Å²) in [6.45, 7) is 2.45. The molecule has 0 amide bonds. The van der Waals surface area contributed by atoms with Crippen molar-refractivity contribution in [3.8, 4) is 0 Å². The van der Waals surface area contributed by atoms with Crippen LogP contribution in [0.3, 0.4) is 0 Å². The second kappa shape index (κ2) is 3.41. The summed E-state index contributed by atoms with van der Waals surface area (Å²) < 4.78 is 5.16. The van der Waals surface area contributed by atoms with Crippen molar-refractivity contribution in [2.24, 2.45) is 22.7 Å². The average Bonchev–Trinajstić information content (AvgIpc) is 2.77. The van der Waals surface area contributed by atoms with E-state index in [-0.39, 0.29) is 11.5 Å². The van der Waals surface area contributed by atoms with Crippen LogP contribution in [0.2, 0.25) is 0 Å². The van der Waals surface area contributed by atoms with Gasteiger partial charge in [-0.1, -0.05) is 6.92 Å². The van der Waals surface area contributed by atoms with Crippen LogP contribution in [0.1, 0.15) is 57.1 Å². The number of furan rings is 1. The summed E-state index contributed by atoms with van der Waals surface area (Å²) in [4.78, 5) is 0. The summed E-state index contributed by atoms with van der Waals surface area (Å²) in [5.74, 6) is 1.72. The van der Waals surface area contributed by atoms with E-state index in [0.29, 0.717) is 5.41 Å². The molecular formula is C16H22O2. The van der Waals surface area contributed by atoms with Gasteiger partial charge in [0.1, 0.15) is 0 Å². The van der Waals surface area contributed by atoms with Gasteiger partial charge in [-0.25, -0.2) is 0 Å². The van der Waals surface area contributed by atoms with Crippen LogP contribution < -0.4 is 0 Å².